The van der Waals surface area contributed by atoms with Gasteiger partial charge in [0.2, 0.25) is 5.91 Å². The van der Waals surface area contributed by atoms with E-state index in [0.717, 1.165) is 25.7 Å². The number of nitrogens with two attached hydrogens (primary N) is 1. The molecule has 2 fully saturated rings. The second kappa shape index (κ2) is 6.72. The minimum atomic E-state index is -0.301. The molecule has 2 amide bonds. The van der Waals surface area contributed by atoms with E-state index in [0.29, 0.717) is 25.9 Å². The Morgan fingerprint density at radius 1 is 1.00 bits per heavy atom. The molecule has 2 N–H and O–H groups in total. The van der Waals surface area contributed by atoms with Crippen LogP contribution in [0.15, 0.2) is 0 Å². The summed E-state index contributed by atoms with van der Waals surface area (Å²) in [6.45, 7) is 0.831. The van der Waals surface area contributed by atoms with Gasteiger partial charge >= 0.3 is 5.97 Å². The van der Waals surface area contributed by atoms with Gasteiger partial charge in [-0.2, -0.15) is 0 Å². The molecule has 1 heterocycles. The summed E-state index contributed by atoms with van der Waals surface area (Å²) in [7, 11) is 0. The molecule has 0 atom stereocenters. The minimum Gasteiger partial charge on any atom is -0.455 e. The molecule has 0 aromatic heterocycles. The summed E-state index contributed by atoms with van der Waals surface area (Å²) >= 11 is 0. The first-order valence-electron chi connectivity index (χ1n) is 7.31. The Kier molecular flexibility index (Phi) is 4.98. The van der Waals surface area contributed by atoms with E-state index in [1.165, 1.54) is 0 Å². The third-order valence-electron chi connectivity index (χ3n) is 4.28. The van der Waals surface area contributed by atoms with Gasteiger partial charge in [0.15, 0.2) is 6.61 Å². The van der Waals surface area contributed by atoms with Crippen LogP contribution in [-0.4, -0.2) is 42.4 Å². The van der Waals surface area contributed by atoms with Crippen molar-refractivity contribution in [2.45, 2.75) is 38.5 Å². The molecule has 112 valence electrons. The largest absolute Gasteiger partial charge is 0.455 e. The van der Waals surface area contributed by atoms with Crippen LogP contribution in [0.2, 0.25) is 0 Å². The third kappa shape index (κ3) is 3.71. The lowest BCUT2D eigenvalue weighted by Gasteiger charge is -2.30. The zero-order valence-electron chi connectivity index (χ0n) is 11.7. The molecule has 20 heavy (non-hydrogen) atoms. The molecule has 1 aliphatic heterocycles. The van der Waals surface area contributed by atoms with Crippen LogP contribution in [0.3, 0.4) is 0 Å². The van der Waals surface area contributed by atoms with Crippen molar-refractivity contribution in [2.75, 3.05) is 19.7 Å². The van der Waals surface area contributed by atoms with Gasteiger partial charge in [0.1, 0.15) is 0 Å². The smallest absolute Gasteiger partial charge is 0.309 e. The van der Waals surface area contributed by atoms with Crippen molar-refractivity contribution >= 4 is 17.8 Å². The maximum atomic E-state index is 11.9. The van der Waals surface area contributed by atoms with Crippen LogP contribution >= 0.6 is 0 Å². The molecule has 1 saturated carbocycles. The average Bonchev–Trinajstić information content (AvgIpc) is 2.98. The number of hydrogen-bond donors (Lipinski definition) is 1. The summed E-state index contributed by atoms with van der Waals surface area (Å²) in [5.74, 6) is -0.893. The molecular weight excluding hydrogens is 260 g/mol. The van der Waals surface area contributed by atoms with E-state index in [4.69, 9.17) is 10.5 Å². The Labute approximate surface area is 118 Å². The van der Waals surface area contributed by atoms with Gasteiger partial charge in [-0.05, 0) is 25.7 Å². The Morgan fingerprint density at radius 2 is 1.60 bits per heavy atom. The summed E-state index contributed by atoms with van der Waals surface area (Å²) in [6, 6.07) is 0. The van der Waals surface area contributed by atoms with E-state index in [1.54, 1.807) is 4.90 Å². The third-order valence-corrected chi connectivity index (χ3v) is 4.28. The Hall–Kier alpha value is -1.59. The summed E-state index contributed by atoms with van der Waals surface area (Å²) in [5.41, 5.74) is 5.25. The highest BCUT2D eigenvalue weighted by Gasteiger charge is 2.28. The second-order valence-corrected chi connectivity index (χ2v) is 5.65. The summed E-state index contributed by atoms with van der Waals surface area (Å²) in [5, 5.41) is 0. The fourth-order valence-corrected chi connectivity index (χ4v) is 2.92. The maximum Gasteiger partial charge on any atom is 0.309 e. The van der Waals surface area contributed by atoms with Crippen LogP contribution in [0.5, 0.6) is 0 Å². The van der Waals surface area contributed by atoms with Gasteiger partial charge < -0.3 is 15.4 Å². The number of carbonyl (C=O) groups is 3. The van der Waals surface area contributed by atoms with Crippen LogP contribution < -0.4 is 5.73 Å². The second-order valence-electron chi connectivity index (χ2n) is 5.65. The van der Waals surface area contributed by atoms with E-state index in [-0.39, 0.29) is 36.2 Å². The summed E-state index contributed by atoms with van der Waals surface area (Å²) in [6.07, 6.45) is 5.06. The van der Waals surface area contributed by atoms with Gasteiger partial charge in [0.25, 0.3) is 5.91 Å². The highest BCUT2D eigenvalue weighted by molar-refractivity contribution is 5.82. The molecule has 1 saturated heterocycles. The van der Waals surface area contributed by atoms with Gasteiger partial charge in [-0.15, -0.1) is 0 Å². The first-order chi connectivity index (χ1) is 9.58. The highest BCUT2D eigenvalue weighted by Crippen LogP contribution is 2.25. The zero-order chi connectivity index (χ0) is 14.5. The van der Waals surface area contributed by atoms with E-state index < -0.39 is 0 Å². The number of ether oxygens (including phenoxy) is 1. The van der Waals surface area contributed by atoms with Gasteiger partial charge in [-0.3, -0.25) is 14.4 Å². The number of piperidine rings is 1. The predicted molar refractivity (Wildman–Crippen MR) is 71.4 cm³/mol. The van der Waals surface area contributed by atoms with Crippen molar-refractivity contribution in [3.05, 3.63) is 0 Å². The van der Waals surface area contributed by atoms with Crippen LogP contribution in [0, 0.1) is 11.8 Å². The standard InChI is InChI=1S/C14H22N2O4/c15-13(18)10-5-7-16(8-6-10)12(17)9-20-14(19)11-3-1-2-4-11/h10-11H,1-9H2,(H2,15,18). The molecule has 2 aliphatic rings. The number of carbonyl (C=O) groups excluding carboxylic acids is 3. The predicted octanol–water partition coefficient (Wildman–Crippen LogP) is 0.444. The maximum absolute atomic E-state index is 11.9. The number of hydrogen-bond acceptors (Lipinski definition) is 4. The van der Waals surface area contributed by atoms with Gasteiger partial charge in [-0.1, -0.05) is 12.8 Å². The number of amides is 2. The lowest BCUT2D eigenvalue weighted by Crippen LogP contribution is -2.43. The molecule has 2 rings (SSSR count). The first-order valence-corrected chi connectivity index (χ1v) is 7.31. The van der Waals surface area contributed by atoms with Crippen molar-refractivity contribution in [1.82, 2.24) is 4.90 Å². The molecule has 6 heteroatoms. The normalized spacial score (nSPS) is 20.9. The van der Waals surface area contributed by atoms with Gasteiger partial charge in [0, 0.05) is 19.0 Å². The van der Waals surface area contributed by atoms with Crippen molar-refractivity contribution in [2.24, 2.45) is 17.6 Å². The van der Waals surface area contributed by atoms with Crippen molar-refractivity contribution in [3.8, 4) is 0 Å². The van der Waals surface area contributed by atoms with Crippen molar-refractivity contribution in [1.29, 1.82) is 0 Å². The lowest BCUT2D eigenvalue weighted by molar-refractivity contribution is -0.156. The SMILES string of the molecule is NC(=O)C1CCN(C(=O)COC(=O)C2CCCC2)CC1. The molecule has 0 radical (unpaired) electrons. The molecule has 1 aliphatic carbocycles. The van der Waals surface area contributed by atoms with Crippen LogP contribution in [0.1, 0.15) is 38.5 Å². The van der Waals surface area contributed by atoms with Gasteiger partial charge in [-0.25, -0.2) is 0 Å². The molecular formula is C14H22N2O4. The highest BCUT2D eigenvalue weighted by atomic mass is 16.5. The molecule has 0 aromatic rings. The quantitative estimate of drug-likeness (QED) is 0.758. The number of likely N-dealkylation sites (tertiary alicyclic amines) is 1. The van der Waals surface area contributed by atoms with Crippen molar-refractivity contribution in [3.63, 3.8) is 0 Å². The summed E-state index contributed by atoms with van der Waals surface area (Å²) < 4.78 is 5.09. The van der Waals surface area contributed by atoms with E-state index in [9.17, 15) is 14.4 Å². The van der Waals surface area contributed by atoms with Crippen molar-refractivity contribution < 1.29 is 19.1 Å². The molecule has 0 bridgehead atoms. The summed E-state index contributed by atoms with van der Waals surface area (Å²) in [4.78, 5) is 36.3. The Balaban J connectivity index is 1.70. The van der Waals surface area contributed by atoms with E-state index in [1.807, 2.05) is 0 Å². The average molecular weight is 282 g/mol. The van der Waals surface area contributed by atoms with E-state index >= 15 is 0 Å². The number of primary amides is 1. The minimum absolute atomic E-state index is 0.0246. The molecule has 0 unspecified atom stereocenters. The van der Waals surface area contributed by atoms with Crippen LogP contribution in [0.4, 0.5) is 0 Å². The van der Waals surface area contributed by atoms with Crippen LogP contribution in [0.25, 0.3) is 0 Å². The lowest BCUT2D eigenvalue weighted by atomic mass is 9.96. The topological polar surface area (TPSA) is 89.7 Å². The monoisotopic (exact) mass is 282 g/mol. The zero-order valence-corrected chi connectivity index (χ0v) is 11.7. The Bertz CT molecular complexity index is 383. The first kappa shape index (κ1) is 14.8. The number of rotatable bonds is 4. The molecule has 0 aromatic carbocycles. The van der Waals surface area contributed by atoms with Crippen LogP contribution in [-0.2, 0) is 19.1 Å². The molecule has 0 spiro atoms. The fourth-order valence-electron chi connectivity index (χ4n) is 2.92. The van der Waals surface area contributed by atoms with E-state index in [2.05, 4.69) is 0 Å². The number of nitrogens with zero attached hydrogens (tertiary/aromatic N) is 1. The number of esters is 1. The fraction of sp³-hybridized carbons (Fsp3) is 0.786. The van der Waals surface area contributed by atoms with Gasteiger partial charge in [0.05, 0.1) is 5.92 Å². The molecule has 6 nitrogen and oxygen atoms in total. The Morgan fingerprint density at radius 3 is 2.15 bits per heavy atom.